The number of benzene rings is 1. The summed E-state index contributed by atoms with van der Waals surface area (Å²) in [4.78, 5) is 6.68. The van der Waals surface area contributed by atoms with Gasteiger partial charge in [0, 0.05) is 25.4 Å². The molecule has 2 aliphatic rings. The van der Waals surface area contributed by atoms with Crippen molar-refractivity contribution in [3.63, 3.8) is 0 Å². The molecule has 0 aliphatic carbocycles. The minimum absolute atomic E-state index is 0.944. The van der Waals surface area contributed by atoms with E-state index in [4.69, 9.17) is 0 Å². The molecule has 0 aromatic heterocycles. The predicted molar refractivity (Wildman–Crippen MR) is 66.8 cm³/mol. The lowest BCUT2D eigenvalue weighted by Gasteiger charge is -2.27. The van der Waals surface area contributed by atoms with Crippen LogP contribution in [-0.2, 0) is 6.54 Å². The lowest BCUT2D eigenvalue weighted by molar-refractivity contribution is 0.532. The zero-order chi connectivity index (χ0) is 10.8. The molecule has 0 saturated carbocycles. The van der Waals surface area contributed by atoms with Crippen LogP contribution in [-0.4, -0.2) is 10.7 Å². The second-order valence-corrected chi connectivity index (χ2v) is 4.11. The molecule has 80 valence electrons. The average molecular weight is 210 g/mol. The Morgan fingerprint density at radius 1 is 1.19 bits per heavy atom. The van der Waals surface area contributed by atoms with Gasteiger partial charge in [0.05, 0.1) is 0 Å². The number of rotatable bonds is 0. The Morgan fingerprint density at radius 3 is 3.00 bits per heavy atom. The van der Waals surface area contributed by atoms with Crippen molar-refractivity contribution in [2.75, 3.05) is 0 Å². The van der Waals surface area contributed by atoms with Gasteiger partial charge in [-0.3, -0.25) is 0 Å². The number of aliphatic imine (C=N–C) groups is 1. The van der Waals surface area contributed by atoms with Crippen LogP contribution in [0.25, 0.3) is 6.08 Å². The quantitative estimate of drug-likeness (QED) is 0.642. The third-order valence-corrected chi connectivity index (χ3v) is 3.02. The van der Waals surface area contributed by atoms with Crippen molar-refractivity contribution in [3.8, 4) is 0 Å². The molecule has 0 fully saturated rings. The molecule has 3 rings (SSSR count). The maximum Gasteiger partial charge on any atom is 0.109 e. The molecule has 2 heteroatoms. The number of amidine groups is 1. The molecule has 0 saturated heterocycles. The first-order chi connectivity index (χ1) is 7.93. The summed E-state index contributed by atoms with van der Waals surface area (Å²) >= 11 is 0. The molecule has 0 unspecified atom stereocenters. The van der Waals surface area contributed by atoms with E-state index < -0.39 is 0 Å². The Morgan fingerprint density at radius 2 is 2.12 bits per heavy atom. The molecule has 0 bridgehead atoms. The Labute approximate surface area is 95.6 Å². The van der Waals surface area contributed by atoms with E-state index in [0.717, 1.165) is 19.4 Å². The fourth-order valence-corrected chi connectivity index (χ4v) is 2.13. The number of hydrogen-bond donors (Lipinski definition) is 0. The van der Waals surface area contributed by atoms with Gasteiger partial charge in [0.2, 0.25) is 0 Å². The molecule has 2 nitrogen and oxygen atoms in total. The summed E-state index contributed by atoms with van der Waals surface area (Å²) in [6, 6.07) is 8.52. The van der Waals surface area contributed by atoms with Crippen molar-refractivity contribution in [1.82, 2.24) is 4.90 Å². The SMILES string of the molecule is C1=CN=C(N2C=Cc3ccccc3C2)CC1. The van der Waals surface area contributed by atoms with Crippen LogP contribution in [0.2, 0.25) is 0 Å². The molecular weight excluding hydrogens is 196 g/mol. The van der Waals surface area contributed by atoms with E-state index in [1.165, 1.54) is 17.0 Å². The lowest BCUT2D eigenvalue weighted by atomic mass is 10.0. The highest BCUT2D eigenvalue weighted by molar-refractivity contribution is 5.85. The van der Waals surface area contributed by atoms with Crippen LogP contribution in [0.3, 0.4) is 0 Å². The van der Waals surface area contributed by atoms with Gasteiger partial charge in [-0.25, -0.2) is 4.99 Å². The normalized spacial score (nSPS) is 18.2. The fourth-order valence-electron chi connectivity index (χ4n) is 2.13. The number of nitrogens with zero attached hydrogens (tertiary/aromatic N) is 2. The zero-order valence-corrected chi connectivity index (χ0v) is 9.13. The summed E-state index contributed by atoms with van der Waals surface area (Å²) in [7, 11) is 0. The van der Waals surface area contributed by atoms with Gasteiger partial charge in [-0.1, -0.05) is 30.3 Å². The maximum absolute atomic E-state index is 4.44. The van der Waals surface area contributed by atoms with Gasteiger partial charge in [-0.05, 0) is 23.6 Å². The van der Waals surface area contributed by atoms with Gasteiger partial charge in [-0.15, -0.1) is 0 Å². The molecule has 0 atom stereocenters. The van der Waals surface area contributed by atoms with Crippen molar-refractivity contribution in [2.24, 2.45) is 4.99 Å². The van der Waals surface area contributed by atoms with Crippen LogP contribution in [0.15, 0.2) is 47.7 Å². The van der Waals surface area contributed by atoms with Crippen LogP contribution >= 0.6 is 0 Å². The van der Waals surface area contributed by atoms with Crippen LogP contribution in [0.4, 0.5) is 0 Å². The van der Waals surface area contributed by atoms with Crippen molar-refractivity contribution >= 4 is 11.9 Å². The Hall–Kier alpha value is -1.83. The molecule has 16 heavy (non-hydrogen) atoms. The highest BCUT2D eigenvalue weighted by atomic mass is 15.2. The van der Waals surface area contributed by atoms with Gasteiger partial charge in [0.15, 0.2) is 0 Å². The molecule has 1 aromatic carbocycles. The highest BCUT2D eigenvalue weighted by Gasteiger charge is 2.14. The standard InChI is InChI=1S/C14H14N2/c1-2-6-13-11-16(10-8-12(13)5-1)14-7-3-4-9-15-14/h1-2,4-6,8-10H,3,7,11H2. The minimum atomic E-state index is 0.944. The summed E-state index contributed by atoms with van der Waals surface area (Å²) < 4.78 is 0. The van der Waals surface area contributed by atoms with E-state index in [2.05, 4.69) is 52.5 Å². The van der Waals surface area contributed by atoms with Crippen molar-refractivity contribution in [1.29, 1.82) is 0 Å². The third kappa shape index (κ3) is 1.67. The first-order valence-electron chi connectivity index (χ1n) is 5.68. The van der Waals surface area contributed by atoms with Gasteiger partial charge >= 0.3 is 0 Å². The number of allylic oxidation sites excluding steroid dienone is 1. The molecule has 2 aliphatic heterocycles. The number of hydrogen-bond acceptors (Lipinski definition) is 2. The van der Waals surface area contributed by atoms with Crippen LogP contribution in [0.5, 0.6) is 0 Å². The van der Waals surface area contributed by atoms with Gasteiger partial charge < -0.3 is 4.90 Å². The average Bonchev–Trinajstić information content (AvgIpc) is 2.39. The van der Waals surface area contributed by atoms with Crippen LogP contribution < -0.4 is 0 Å². The fraction of sp³-hybridized carbons (Fsp3) is 0.214. The van der Waals surface area contributed by atoms with Crippen molar-refractivity contribution in [3.05, 3.63) is 53.9 Å². The minimum Gasteiger partial charge on any atom is -0.332 e. The summed E-state index contributed by atoms with van der Waals surface area (Å²) in [6.45, 7) is 0.944. The van der Waals surface area contributed by atoms with Crippen molar-refractivity contribution < 1.29 is 0 Å². The first kappa shape index (κ1) is 9.40. The second kappa shape index (κ2) is 3.97. The van der Waals surface area contributed by atoms with Gasteiger partial charge in [-0.2, -0.15) is 0 Å². The number of fused-ring (bicyclic) bond motifs is 1. The Kier molecular flexibility index (Phi) is 2.33. The molecular formula is C14H14N2. The summed E-state index contributed by atoms with van der Waals surface area (Å²) in [6.07, 6.45) is 10.5. The summed E-state index contributed by atoms with van der Waals surface area (Å²) in [5, 5.41) is 0. The molecule has 2 heterocycles. The first-order valence-corrected chi connectivity index (χ1v) is 5.68. The maximum atomic E-state index is 4.44. The highest BCUT2D eigenvalue weighted by Crippen LogP contribution is 2.21. The summed E-state index contributed by atoms with van der Waals surface area (Å²) in [5.74, 6) is 1.17. The van der Waals surface area contributed by atoms with E-state index in [9.17, 15) is 0 Å². The Balaban J connectivity index is 1.88. The van der Waals surface area contributed by atoms with E-state index in [0.29, 0.717) is 0 Å². The monoisotopic (exact) mass is 210 g/mol. The van der Waals surface area contributed by atoms with E-state index in [-0.39, 0.29) is 0 Å². The van der Waals surface area contributed by atoms with E-state index in [1.54, 1.807) is 0 Å². The van der Waals surface area contributed by atoms with Gasteiger partial charge in [0.25, 0.3) is 0 Å². The van der Waals surface area contributed by atoms with Crippen molar-refractivity contribution in [2.45, 2.75) is 19.4 Å². The van der Waals surface area contributed by atoms with Crippen LogP contribution in [0, 0.1) is 0 Å². The zero-order valence-electron chi connectivity index (χ0n) is 9.13. The molecule has 0 spiro atoms. The molecule has 0 amide bonds. The van der Waals surface area contributed by atoms with E-state index in [1.807, 2.05) is 6.20 Å². The van der Waals surface area contributed by atoms with Gasteiger partial charge in [0.1, 0.15) is 5.84 Å². The Bertz CT molecular complexity index is 483. The molecule has 1 aromatic rings. The summed E-state index contributed by atoms with van der Waals surface area (Å²) in [5.41, 5.74) is 2.70. The predicted octanol–water partition coefficient (Wildman–Crippen LogP) is 3.18. The lowest BCUT2D eigenvalue weighted by Crippen LogP contribution is -2.27. The van der Waals surface area contributed by atoms with Crippen LogP contribution in [0.1, 0.15) is 24.0 Å². The molecule has 0 N–H and O–H groups in total. The third-order valence-electron chi connectivity index (χ3n) is 3.02. The molecule has 0 radical (unpaired) electrons. The van der Waals surface area contributed by atoms with E-state index >= 15 is 0 Å². The second-order valence-electron chi connectivity index (χ2n) is 4.11. The smallest absolute Gasteiger partial charge is 0.109 e. The topological polar surface area (TPSA) is 15.6 Å². The largest absolute Gasteiger partial charge is 0.332 e.